The molecule has 0 aliphatic carbocycles. The van der Waals surface area contributed by atoms with Crippen molar-refractivity contribution in [2.24, 2.45) is 0 Å². The number of rotatable bonds is 1. The number of para-hydroxylation sites is 1. The molecule has 0 atom stereocenters. The second kappa shape index (κ2) is 4.35. The third-order valence-corrected chi connectivity index (χ3v) is 3.36. The van der Waals surface area contributed by atoms with Crippen LogP contribution < -0.4 is 0 Å². The molecule has 2 rings (SSSR count). The first-order chi connectivity index (χ1) is 7.59. The lowest BCUT2D eigenvalue weighted by Gasteiger charge is -2.08. The minimum atomic E-state index is -0.405. The van der Waals surface area contributed by atoms with Gasteiger partial charge in [-0.2, -0.15) is 0 Å². The van der Waals surface area contributed by atoms with E-state index in [1.54, 1.807) is 0 Å². The molecule has 5 heteroatoms. The molecule has 0 unspecified atom stereocenters. The van der Waals surface area contributed by atoms with E-state index in [-0.39, 0.29) is 6.10 Å². The molecule has 0 saturated carbocycles. The predicted octanol–water partition coefficient (Wildman–Crippen LogP) is 3.83. The highest BCUT2D eigenvalue weighted by Gasteiger charge is 2.14. The lowest BCUT2D eigenvalue weighted by atomic mass is 10.3. The van der Waals surface area contributed by atoms with E-state index in [1.165, 1.54) is 15.9 Å². The van der Waals surface area contributed by atoms with Crippen molar-refractivity contribution in [1.82, 2.24) is 4.57 Å². The molecule has 0 fully saturated rings. The fourth-order valence-electron chi connectivity index (χ4n) is 1.39. The van der Waals surface area contributed by atoms with E-state index in [1.807, 2.05) is 38.1 Å². The quantitative estimate of drug-likeness (QED) is 0.724. The summed E-state index contributed by atoms with van der Waals surface area (Å²) in [5, 5.41) is 0. The van der Waals surface area contributed by atoms with Crippen molar-refractivity contribution in [1.29, 1.82) is 0 Å². The molecule has 2 aromatic rings. The lowest BCUT2D eigenvalue weighted by Crippen LogP contribution is -2.17. The summed E-state index contributed by atoms with van der Waals surface area (Å²) in [4.78, 5) is 11.8. The van der Waals surface area contributed by atoms with Crippen molar-refractivity contribution in [3.05, 3.63) is 28.2 Å². The average molecular weight is 253 g/mol. The Morgan fingerprint density at radius 2 is 2.12 bits per heavy atom. The number of aromatic nitrogens is 1. The first-order valence-electron chi connectivity index (χ1n) is 4.91. The molecule has 1 aromatic carbocycles. The molecule has 0 saturated heterocycles. The van der Waals surface area contributed by atoms with Crippen LogP contribution in [0.1, 0.15) is 13.8 Å². The van der Waals surface area contributed by atoms with Crippen molar-refractivity contribution in [2.75, 3.05) is 0 Å². The average Bonchev–Trinajstić information content (AvgIpc) is 2.52. The van der Waals surface area contributed by atoms with Gasteiger partial charge >= 0.3 is 6.09 Å². The van der Waals surface area contributed by atoms with Crippen LogP contribution in [0.2, 0.25) is 0 Å². The Bertz CT molecular complexity index is 583. The van der Waals surface area contributed by atoms with Crippen LogP contribution >= 0.6 is 23.6 Å². The molecule has 1 aromatic heterocycles. The maximum absolute atomic E-state index is 11.8. The Balaban J connectivity index is 2.55. The molecule has 0 radical (unpaired) electrons. The van der Waals surface area contributed by atoms with Gasteiger partial charge < -0.3 is 4.74 Å². The van der Waals surface area contributed by atoms with Crippen LogP contribution in [0, 0.1) is 3.95 Å². The Morgan fingerprint density at radius 1 is 1.44 bits per heavy atom. The summed E-state index contributed by atoms with van der Waals surface area (Å²) in [6, 6.07) is 7.60. The van der Waals surface area contributed by atoms with E-state index in [0.717, 1.165) is 10.2 Å². The smallest absolute Gasteiger partial charge is 0.420 e. The second-order valence-corrected chi connectivity index (χ2v) is 5.28. The molecule has 0 aliphatic heterocycles. The Morgan fingerprint density at radius 3 is 2.81 bits per heavy atom. The van der Waals surface area contributed by atoms with E-state index < -0.39 is 6.09 Å². The Hall–Kier alpha value is -1.20. The van der Waals surface area contributed by atoms with E-state index in [0.29, 0.717) is 3.95 Å². The van der Waals surface area contributed by atoms with Crippen LogP contribution in [0.25, 0.3) is 10.2 Å². The highest BCUT2D eigenvalue weighted by Crippen LogP contribution is 2.23. The van der Waals surface area contributed by atoms with Gasteiger partial charge in [0.15, 0.2) is 3.95 Å². The number of ether oxygens (including phenoxy) is 1. The van der Waals surface area contributed by atoms with Crippen molar-refractivity contribution in [3.63, 3.8) is 0 Å². The summed E-state index contributed by atoms with van der Waals surface area (Å²) in [6.07, 6.45) is -0.550. The summed E-state index contributed by atoms with van der Waals surface area (Å²) in [5.74, 6) is 0. The number of hydrogen-bond acceptors (Lipinski definition) is 4. The molecule has 16 heavy (non-hydrogen) atoms. The summed E-state index contributed by atoms with van der Waals surface area (Å²) in [6.45, 7) is 3.63. The molecule has 1 heterocycles. The predicted molar refractivity (Wildman–Crippen MR) is 67.7 cm³/mol. The Labute approximate surface area is 102 Å². The fourth-order valence-corrected chi connectivity index (χ4v) is 2.70. The summed E-state index contributed by atoms with van der Waals surface area (Å²) < 4.78 is 8.10. The minimum Gasteiger partial charge on any atom is -0.446 e. The zero-order valence-electron chi connectivity index (χ0n) is 8.97. The summed E-state index contributed by atoms with van der Waals surface area (Å²) in [5.41, 5.74) is 0.808. The molecule has 3 nitrogen and oxygen atoms in total. The highest BCUT2D eigenvalue weighted by molar-refractivity contribution is 7.73. The summed E-state index contributed by atoms with van der Waals surface area (Å²) in [7, 11) is 0. The van der Waals surface area contributed by atoms with Crippen LogP contribution in [-0.2, 0) is 4.74 Å². The van der Waals surface area contributed by atoms with Gasteiger partial charge in [-0.1, -0.05) is 12.1 Å². The third kappa shape index (κ3) is 2.01. The van der Waals surface area contributed by atoms with Gasteiger partial charge in [0.25, 0.3) is 0 Å². The number of thiazole rings is 1. The highest BCUT2D eigenvalue weighted by atomic mass is 32.1. The lowest BCUT2D eigenvalue weighted by molar-refractivity contribution is 0.118. The maximum Gasteiger partial charge on any atom is 0.420 e. The molecule has 0 spiro atoms. The molecule has 0 amide bonds. The van der Waals surface area contributed by atoms with Crippen LogP contribution in [0.3, 0.4) is 0 Å². The fraction of sp³-hybridized carbons (Fsp3) is 0.273. The van der Waals surface area contributed by atoms with E-state index in [2.05, 4.69) is 0 Å². The van der Waals surface area contributed by atoms with Crippen molar-refractivity contribution >= 4 is 39.9 Å². The van der Waals surface area contributed by atoms with Gasteiger partial charge in [0.1, 0.15) is 0 Å². The first kappa shape index (κ1) is 11.3. The van der Waals surface area contributed by atoms with Gasteiger partial charge in [0.2, 0.25) is 0 Å². The van der Waals surface area contributed by atoms with Crippen molar-refractivity contribution in [3.8, 4) is 0 Å². The van der Waals surface area contributed by atoms with Crippen LogP contribution in [-0.4, -0.2) is 16.8 Å². The Kier molecular flexibility index (Phi) is 3.07. The van der Waals surface area contributed by atoms with Gasteiger partial charge in [-0.3, -0.25) is 0 Å². The number of nitrogens with zero attached hydrogens (tertiary/aromatic N) is 1. The minimum absolute atomic E-state index is 0.145. The maximum atomic E-state index is 11.8. The van der Waals surface area contributed by atoms with Crippen molar-refractivity contribution < 1.29 is 9.53 Å². The van der Waals surface area contributed by atoms with Crippen LogP contribution in [0.4, 0.5) is 4.79 Å². The van der Waals surface area contributed by atoms with Gasteiger partial charge in [0.05, 0.1) is 16.3 Å². The van der Waals surface area contributed by atoms with E-state index >= 15 is 0 Å². The molecule has 84 valence electrons. The summed E-state index contributed by atoms with van der Waals surface area (Å²) >= 11 is 6.57. The molecular weight excluding hydrogens is 242 g/mol. The van der Waals surface area contributed by atoms with E-state index in [4.69, 9.17) is 17.0 Å². The van der Waals surface area contributed by atoms with Crippen LogP contribution in [0.15, 0.2) is 24.3 Å². The largest absolute Gasteiger partial charge is 0.446 e. The standard InChI is InChI=1S/C11H11NO2S2/c1-7(2)14-10(13)12-8-5-3-4-6-9(8)16-11(12)15/h3-7H,1-2H3. The van der Waals surface area contributed by atoms with Gasteiger partial charge in [-0.15, -0.1) is 11.3 Å². The number of fused-ring (bicyclic) bond motifs is 1. The normalized spacial score (nSPS) is 10.9. The van der Waals surface area contributed by atoms with Gasteiger partial charge in [-0.25, -0.2) is 9.36 Å². The SMILES string of the molecule is CC(C)OC(=O)n1c(=S)sc2ccccc21. The number of carbonyl (C=O) groups excluding carboxylic acids is 1. The first-order valence-corrected chi connectivity index (χ1v) is 6.13. The molecule has 0 bridgehead atoms. The number of benzene rings is 1. The van der Waals surface area contributed by atoms with Gasteiger partial charge in [0, 0.05) is 0 Å². The van der Waals surface area contributed by atoms with Crippen molar-refractivity contribution in [2.45, 2.75) is 20.0 Å². The monoisotopic (exact) mass is 253 g/mol. The topological polar surface area (TPSA) is 31.2 Å². The molecule has 0 N–H and O–H groups in total. The molecular formula is C11H11NO2S2. The van der Waals surface area contributed by atoms with E-state index in [9.17, 15) is 4.79 Å². The zero-order valence-corrected chi connectivity index (χ0v) is 10.6. The second-order valence-electron chi connectivity index (χ2n) is 3.60. The number of hydrogen-bond donors (Lipinski definition) is 0. The zero-order chi connectivity index (χ0) is 11.7. The van der Waals surface area contributed by atoms with Crippen LogP contribution in [0.5, 0.6) is 0 Å². The third-order valence-electron chi connectivity index (χ3n) is 2.01. The molecule has 0 aliphatic rings. The number of carbonyl (C=O) groups is 1. The van der Waals surface area contributed by atoms with Gasteiger partial charge in [-0.05, 0) is 38.2 Å².